The molecule has 72 valence electrons. The first kappa shape index (κ1) is 9.79. The van der Waals surface area contributed by atoms with E-state index < -0.39 is 35.7 Å². The minimum atomic E-state index is -2.94. The molecular weight excluding hydrogens is 187 g/mol. The Hall–Kier alpha value is -1.30. The average Bonchev–Trinajstić information content (AvgIpc) is 2.03. The molecule has 0 saturated heterocycles. The van der Waals surface area contributed by atoms with E-state index in [0.717, 1.165) is 0 Å². The molecule has 3 nitrogen and oxygen atoms in total. The van der Waals surface area contributed by atoms with Crippen LogP contribution < -0.4 is 5.43 Å². The molecule has 0 aromatic carbocycles. The third-order valence-electron chi connectivity index (χ3n) is 1.50. The number of halogens is 3. The van der Waals surface area contributed by atoms with Crippen LogP contribution in [0.3, 0.4) is 0 Å². The summed E-state index contributed by atoms with van der Waals surface area (Å²) in [5.41, 5.74) is -2.27. The van der Waals surface area contributed by atoms with E-state index in [2.05, 4.69) is 0 Å². The van der Waals surface area contributed by atoms with Crippen LogP contribution in [0.25, 0.3) is 0 Å². The van der Waals surface area contributed by atoms with Crippen molar-refractivity contribution in [2.45, 2.75) is 13.0 Å². The fourth-order valence-corrected chi connectivity index (χ4v) is 0.840. The monoisotopic (exact) mass is 193 g/mol. The number of aliphatic hydroxyl groups is 1. The van der Waals surface area contributed by atoms with Gasteiger partial charge in [0.15, 0.2) is 5.43 Å². The number of pyridine rings is 1. The Morgan fingerprint density at radius 3 is 2.54 bits per heavy atom. The minimum absolute atomic E-state index is 0.538. The van der Waals surface area contributed by atoms with Gasteiger partial charge in [0.2, 0.25) is 5.95 Å². The van der Waals surface area contributed by atoms with E-state index in [1.807, 2.05) is 0 Å². The molecule has 2 N–H and O–H groups in total. The van der Waals surface area contributed by atoms with Crippen LogP contribution in [0.4, 0.5) is 13.2 Å². The van der Waals surface area contributed by atoms with Crippen molar-refractivity contribution in [2.75, 3.05) is 0 Å². The number of H-pyrrole nitrogens is 1. The first-order valence-corrected chi connectivity index (χ1v) is 3.37. The molecule has 1 rings (SSSR count). The smallest absolute Gasteiger partial charge is 0.278 e. The lowest BCUT2D eigenvalue weighted by Crippen LogP contribution is -2.14. The van der Waals surface area contributed by atoms with Crippen LogP contribution in [-0.2, 0) is 6.61 Å². The fourth-order valence-electron chi connectivity index (χ4n) is 0.840. The summed E-state index contributed by atoms with van der Waals surface area (Å²) in [6.45, 7) is -0.815. The van der Waals surface area contributed by atoms with Gasteiger partial charge in [-0.15, -0.1) is 0 Å². The third-order valence-corrected chi connectivity index (χ3v) is 1.50. The lowest BCUT2D eigenvalue weighted by atomic mass is 10.2. The molecule has 6 heteroatoms. The maximum Gasteiger partial charge on any atom is 0.278 e. The molecule has 0 amide bonds. The summed E-state index contributed by atoms with van der Waals surface area (Å²) >= 11 is 0. The van der Waals surface area contributed by atoms with Crippen molar-refractivity contribution >= 4 is 0 Å². The number of aliphatic hydroxyl groups excluding tert-OH is 1. The molecule has 0 aliphatic carbocycles. The van der Waals surface area contributed by atoms with E-state index in [9.17, 15) is 18.0 Å². The van der Waals surface area contributed by atoms with Gasteiger partial charge in [0.05, 0.1) is 17.9 Å². The van der Waals surface area contributed by atoms with Crippen LogP contribution in [-0.4, -0.2) is 10.1 Å². The Balaban J connectivity index is 3.29. The first-order chi connectivity index (χ1) is 6.06. The second-order valence-corrected chi connectivity index (χ2v) is 2.34. The first-order valence-electron chi connectivity index (χ1n) is 3.37. The van der Waals surface area contributed by atoms with Crippen molar-refractivity contribution in [3.05, 3.63) is 33.5 Å². The number of aromatic nitrogens is 1. The second-order valence-electron chi connectivity index (χ2n) is 2.34. The average molecular weight is 193 g/mol. The van der Waals surface area contributed by atoms with Crippen molar-refractivity contribution < 1.29 is 18.3 Å². The minimum Gasteiger partial charge on any atom is -0.391 e. The summed E-state index contributed by atoms with van der Waals surface area (Å²) in [6.07, 6.45) is -2.94. The molecule has 0 radical (unpaired) electrons. The van der Waals surface area contributed by atoms with Gasteiger partial charge in [-0.3, -0.25) is 4.79 Å². The topological polar surface area (TPSA) is 53.1 Å². The van der Waals surface area contributed by atoms with Crippen LogP contribution in [0.5, 0.6) is 0 Å². The van der Waals surface area contributed by atoms with Gasteiger partial charge < -0.3 is 10.1 Å². The van der Waals surface area contributed by atoms with Gasteiger partial charge in [0, 0.05) is 6.07 Å². The number of hydrogen-bond donors (Lipinski definition) is 2. The fraction of sp³-hybridized carbons (Fsp3) is 0.286. The Bertz CT molecular complexity index is 361. The number of aromatic amines is 1. The number of hydrogen-bond acceptors (Lipinski definition) is 2. The molecule has 0 fully saturated rings. The highest BCUT2D eigenvalue weighted by molar-refractivity contribution is 5.16. The number of nitrogens with one attached hydrogen (secondary N) is 1. The van der Waals surface area contributed by atoms with Crippen LogP contribution in [0.15, 0.2) is 10.9 Å². The van der Waals surface area contributed by atoms with Crippen molar-refractivity contribution in [2.24, 2.45) is 0 Å². The van der Waals surface area contributed by atoms with Crippen molar-refractivity contribution in [1.82, 2.24) is 4.98 Å². The summed E-state index contributed by atoms with van der Waals surface area (Å²) in [6, 6.07) is 0.569. The highest BCUT2D eigenvalue weighted by atomic mass is 19.3. The molecule has 0 atom stereocenters. The second kappa shape index (κ2) is 3.61. The maximum absolute atomic E-state index is 12.7. The van der Waals surface area contributed by atoms with Crippen molar-refractivity contribution in [3.63, 3.8) is 0 Å². The zero-order chi connectivity index (χ0) is 10.0. The SMILES string of the molecule is O=c1cc(C(F)F)[nH]c(F)c1CO. The summed E-state index contributed by atoms with van der Waals surface area (Å²) < 4.78 is 36.6. The van der Waals surface area contributed by atoms with Crippen LogP contribution in [0.2, 0.25) is 0 Å². The van der Waals surface area contributed by atoms with Crippen LogP contribution >= 0.6 is 0 Å². The summed E-state index contributed by atoms with van der Waals surface area (Å²) in [7, 11) is 0. The van der Waals surface area contributed by atoms with Gasteiger partial charge in [-0.2, -0.15) is 4.39 Å². The predicted molar refractivity (Wildman–Crippen MR) is 37.9 cm³/mol. The van der Waals surface area contributed by atoms with Gasteiger partial charge in [-0.25, -0.2) is 8.78 Å². The Labute approximate surface area is 70.8 Å². The van der Waals surface area contributed by atoms with Gasteiger partial charge >= 0.3 is 0 Å². The Morgan fingerprint density at radius 2 is 2.15 bits per heavy atom. The zero-order valence-corrected chi connectivity index (χ0v) is 6.35. The van der Waals surface area contributed by atoms with Gasteiger partial charge in [-0.05, 0) is 0 Å². The summed E-state index contributed by atoms with van der Waals surface area (Å²) in [5.74, 6) is -1.22. The Morgan fingerprint density at radius 1 is 1.54 bits per heavy atom. The van der Waals surface area contributed by atoms with Crippen LogP contribution in [0, 0.1) is 5.95 Å². The third kappa shape index (κ3) is 1.89. The highest BCUT2D eigenvalue weighted by Crippen LogP contribution is 2.15. The lowest BCUT2D eigenvalue weighted by Gasteiger charge is -2.02. The van der Waals surface area contributed by atoms with Gasteiger partial charge in [0.1, 0.15) is 0 Å². The van der Waals surface area contributed by atoms with Gasteiger partial charge in [-0.1, -0.05) is 0 Å². The molecule has 1 heterocycles. The molecule has 0 spiro atoms. The molecule has 1 aromatic rings. The molecular formula is C7H6F3NO2. The largest absolute Gasteiger partial charge is 0.391 e. The van der Waals surface area contributed by atoms with Crippen LogP contribution in [0.1, 0.15) is 17.7 Å². The van der Waals surface area contributed by atoms with Crippen molar-refractivity contribution in [3.8, 4) is 0 Å². The van der Waals surface area contributed by atoms with E-state index in [1.165, 1.54) is 0 Å². The molecule has 0 aliphatic heterocycles. The van der Waals surface area contributed by atoms with E-state index in [0.29, 0.717) is 6.07 Å². The number of alkyl halides is 2. The standard InChI is InChI=1S/C7H6F3NO2/c8-6(9)4-1-5(13)3(2-12)7(10)11-4/h1,6,12H,2H2,(H,11,13). The molecule has 0 unspecified atom stereocenters. The van der Waals surface area contributed by atoms with E-state index in [-0.39, 0.29) is 0 Å². The number of rotatable bonds is 2. The van der Waals surface area contributed by atoms with E-state index >= 15 is 0 Å². The zero-order valence-electron chi connectivity index (χ0n) is 6.35. The quantitative estimate of drug-likeness (QED) is 0.687. The normalized spacial score (nSPS) is 10.8. The molecule has 13 heavy (non-hydrogen) atoms. The van der Waals surface area contributed by atoms with E-state index in [4.69, 9.17) is 5.11 Å². The van der Waals surface area contributed by atoms with Gasteiger partial charge in [0.25, 0.3) is 6.43 Å². The molecule has 0 aliphatic rings. The molecule has 1 aromatic heterocycles. The predicted octanol–water partition coefficient (Wildman–Crippen LogP) is 0.944. The highest BCUT2D eigenvalue weighted by Gasteiger charge is 2.13. The maximum atomic E-state index is 12.7. The molecule has 0 bridgehead atoms. The summed E-state index contributed by atoms with van der Waals surface area (Å²) in [4.78, 5) is 12.5. The molecule has 0 saturated carbocycles. The Kier molecular flexibility index (Phi) is 2.72. The lowest BCUT2D eigenvalue weighted by molar-refractivity contribution is 0.144. The van der Waals surface area contributed by atoms with Crippen molar-refractivity contribution in [1.29, 1.82) is 0 Å². The van der Waals surface area contributed by atoms with E-state index in [1.54, 1.807) is 4.98 Å². The summed E-state index contributed by atoms with van der Waals surface area (Å²) in [5, 5.41) is 8.48.